The number of anilines is 1. The van der Waals surface area contributed by atoms with Gasteiger partial charge in [0, 0.05) is 25.7 Å². The summed E-state index contributed by atoms with van der Waals surface area (Å²) in [4.78, 5) is 2.20. The van der Waals surface area contributed by atoms with Gasteiger partial charge in [-0.25, -0.2) is 0 Å². The molecule has 0 saturated carbocycles. The Hall–Kier alpha value is -0.730. The minimum Gasteiger partial charge on any atom is -0.373 e. The van der Waals surface area contributed by atoms with Crippen molar-refractivity contribution in [3.05, 3.63) is 28.8 Å². The topological polar surface area (TPSA) is 15.3 Å². The molecule has 0 aliphatic carbocycles. The molecule has 2 nitrogen and oxygen atoms in total. The summed E-state index contributed by atoms with van der Waals surface area (Å²) in [6, 6.07) is 6.31. The zero-order valence-corrected chi connectivity index (χ0v) is 12.9. The van der Waals surface area contributed by atoms with E-state index < -0.39 is 0 Å². The molecule has 0 aliphatic heterocycles. The molecule has 18 heavy (non-hydrogen) atoms. The van der Waals surface area contributed by atoms with E-state index in [1.165, 1.54) is 5.56 Å². The Labute approximate surface area is 116 Å². The summed E-state index contributed by atoms with van der Waals surface area (Å²) in [6.45, 7) is 10.5. The Morgan fingerprint density at radius 2 is 1.94 bits per heavy atom. The van der Waals surface area contributed by atoms with Gasteiger partial charge in [0.1, 0.15) is 0 Å². The predicted octanol–water partition coefficient (Wildman–Crippen LogP) is 4.07. The second kappa shape index (κ2) is 6.44. The van der Waals surface area contributed by atoms with E-state index >= 15 is 0 Å². The molecule has 1 N–H and O–H groups in total. The first-order valence-corrected chi connectivity index (χ1v) is 6.96. The molecule has 0 saturated heterocycles. The highest BCUT2D eigenvalue weighted by Gasteiger charge is 2.10. The second-order valence-corrected chi connectivity index (χ2v) is 6.22. The maximum Gasteiger partial charge on any atom is 0.0642 e. The highest BCUT2D eigenvalue weighted by molar-refractivity contribution is 6.33. The lowest BCUT2D eigenvalue weighted by atomic mass is 10.1. The monoisotopic (exact) mass is 268 g/mol. The van der Waals surface area contributed by atoms with Gasteiger partial charge in [-0.3, -0.25) is 0 Å². The number of rotatable bonds is 5. The molecule has 0 aromatic heterocycles. The third-order valence-corrected chi connectivity index (χ3v) is 3.11. The van der Waals surface area contributed by atoms with Gasteiger partial charge >= 0.3 is 0 Å². The quantitative estimate of drug-likeness (QED) is 0.866. The average Bonchev–Trinajstić information content (AvgIpc) is 2.25. The van der Waals surface area contributed by atoms with Crippen LogP contribution in [-0.2, 0) is 6.54 Å². The van der Waals surface area contributed by atoms with E-state index in [1.54, 1.807) is 0 Å². The van der Waals surface area contributed by atoms with E-state index in [1.807, 2.05) is 0 Å². The Kier molecular flexibility index (Phi) is 5.48. The highest BCUT2D eigenvalue weighted by atomic mass is 35.5. The van der Waals surface area contributed by atoms with Gasteiger partial charge in [-0.05, 0) is 44.9 Å². The Bertz CT molecular complexity index is 383. The maximum absolute atomic E-state index is 6.34. The summed E-state index contributed by atoms with van der Waals surface area (Å²) in [5, 5.41) is 4.30. The van der Waals surface area contributed by atoms with Crippen LogP contribution in [0.1, 0.15) is 39.7 Å². The third-order valence-electron chi connectivity index (χ3n) is 2.81. The van der Waals surface area contributed by atoms with Gasteiger partial charge in [0.05, 0.1) is 10.7 Å². The SMILES string of the molecule is CCCN(C)c1ccc(CNC(C)(C)C)cc1Cl. The molecule has 0 radical (unpaired) electrons. The molecule has 1 rings (SSSR count). The van der Waals surface area contributed by atoms with Crippen molar-refractivity contribution in [2.24, 2.45) is 0 Å². The van der Waals surface area contributed by atoms with Gasteiger partial charge < -0.3 is 10.2 Å². The fourth-order valence-corrected chi connectivity index (χ4v) is 2.14. The van der Waals surface area contributed by atoms with E-state index in [4.69, 9.17) is 11.6 Å². The number of nitrogens with zero attached hydrogens (tertiary/aromatic N) is 1. The number of hydrogen-bond donors (Lipinski definition) is 1. The van der Waals surface area contributed by atoms with E-state index in [0.717, 1.165) is 30.2 Å². The summed E-state index contributed by atoms with van der Waals surface area (Å²) in [7, 11) is 2.08. The van der Waals surface area contributed by atoms with Crippen molar-refractivity contribution in [3.8, 4) is 0 Å². The Morgan fingerprint density at radius 3 is 2.44 bits per heavy atom. The number of benzene rings is 1. The fraction of sp³-hybridized carbons (Fsp3) is 0.600. The van der Waals surface area contributed by atoms with E-state index in [0.29, 0.717) is 0 Å². The number of halogens is 1. The lowest BCUT2D eigenvalue weighted by Gasteiger charge is -2.22. The van der Waals surface area contributed by atoms with Crippen LogP contribution in [0, 0.1) is 0 Å². The van der Waals surface area contributed by atoms with Gasteiger partial charge in [-0.1, -0.05) is 24.6 Å². The third kappa shape index (κ3) is 4.87. The van der Waals surface area contributed by atoms with Gasteiger partial charge in [0.15, 0.2) is 0 Å². The van der Waals surface area contributed by atoms with Crippen LogP contribution in [0.4, 0.5) is 5.69 Å². The molecule has 0 amide bonds. The molecule has 1 aromatic rings. The van der Waals surface area contributed by atoms with Crippen molar-refractivity contribution in [1.29, 1.82) is 0 Å². The zero-order valence-electron chi connectivity index (χ0n) is 12.2. The van der Waals surface area contributed by atoms with Gasteiger partial charge in [-0.2, -0.15) is 0 Å². The summed E-state index contributed by atoms with van der Waals surface area (Å²) in [5.74, 6) is 0. The van der Waals surface area contributed by atoms with E-state index in [-0.39, 0.29) is 5.54 Å². The van der Waals surface area contributed by atoms with Crippen molar-refractivity contribution in [2.45, 2.75) is 46.2 Å². The molecule has 1 aromatic carbocycles. The number of hydrogen-bond acceptors (Lipinski definition) is 2. The maximum atomic E-state index is 6.34. The minimum atomic E-state index is 0.129. The molecule has 102 valence electrons. The van der Waals surface area contributed by atoms with Crippen LogP contribution in [0.2, 0.25) is 5.02 Å². The van der Waals surface area contributed by atoms with Gasteiger partial charge in [-0.15, -0.1) is 0 Å². The van der Waals surface area contributed by atoms with E-state index in [2.05, 4.69) is 63.2 Å². The molecule has 0 heterocycles. The van der Waals surface area contributed by atoms with Crippen molar-refractivity contribution in [2.75, 3.05) is 18.5 Å². The Balaban J connectivity index is 2.73. The molecule has 3 heteroatoms. The van der Waals surface area contributed by atoms with Crippen LogP contribution < -0.4 is 10.2 Å². The fourth-order valence-electron chi connectivity index (χ4n) is 1.79. The summed E-state index contributed by atoms with van der Waals surface area (Å²) >= 11 is 6.34. The molecular weight excluding hydrogens is 244 g/mol. The van der Waals surface area contributed by atoms with Crippen LogP contribution in [0.25, 0.3) is 0 Å². The number of nitrogens with one attached hydrogen (secondary N) is 1. The highest BCUT2D eigenvalue weighted by Crippen LogP contribution is 2.26. The van der Waals surface area contributed by atoms with Crippen LogP contribution >= 0.6 is 11.6 Å². The van der Waals surface area contributed by atoms with Crippen LogP contribution in [-0.4, -0.2) is 19.1 Å². The second-order valence-electron chi connectivity index (χ2n) is 5.81. The predicted molar refractivity (Wildman–Crippen MR) is 81.6 cm³/mol. The van der Waals surface area contributed by atoms with Crippen LogP contribution in [0.5, 0.6) is 0 Å². The smallest absolute Gasteiger partial charge is 0.0642 e. The van der Waals surface area contributed by atoms with Crippen LogP contribution in [0.3, 0.4) is 0 Å². The molecule has 0 bridgehead atoms. The van der Waals surface area contributed by atoms with Crippen molar-refractivity contribution in [1.82, 2.24) is 5.32 Å². The molecular formula is C15H25ClN2. The van der Waals surface area contributed by atoms with Crippen molar-refractivity contribution in [3.63, 3.8) is 0 Å². The zero-order chi connectivity index (χ0) is 13.8. The minimum absolute atomic E-state index is 0.129. The molecule has 0 atom stereocenters. The molecule has 0 unspecified atom stereocenters. The van der Waals surface area contributed by atoms with Gasteiger partial charge in [0.2, 0.25) is 0 Å². The normalized spacial score (nSPS) is 11.7. The molecule has 0 aliphatic rings. The summed E-state index contributed by atoms with van der Waals surface area (Å²) in [6.07, 6.45) is 1.13. The van der Waals surface area contributed by atoms with E-state index in [9.17, 15) is 0 Å². The Morgan fingerprint density at radius 1 is 1.28 bits per heavy atom. The largest absolute Gasteiger partial charge is 0.373 e. The molecule has 0 spiro atoms. The van der Waals surface area contributed by atoms with Crippen molar-refractivity contribution < 1.29 is 0 Å². The average molecular weight is 269 g/mol. The van der Waals surface area contributed by atoms with Crippen LogP contribution in [0.15, 0.2) is 18.2 Å². The summed E-state index contributed by atoms with van der Waals surface area (Å²) < 4.78 is 0. The lowest BCUT2D eigenvalue weighted by Crippen LogP contribution is -2.35. The first-order chi connectivity index (χ1) is 8.33. The van der Waals surface area contributed by atoms with Gasteiger partial charge in [0.25, 0.3) is 0 Å². The first kappa shape index (κ1) is 15.3. The molecule has 0 fully saturated rings. The van der Waals surface area contributed by atoms with Crippen molar-refractivity contribution >= 4 is 17.3 Å². The standard InChI is InChI=1S/C15H25ClN2/c1-6-9-18(5)14-8-7-12(10-13(14)16)11-17-15(2,3)4/h7-8,10,17H,6,9,11H2,1-5H3. The first-order valence-electron chi connectivity index (χ1n) is 6.58. The summed E-state index contributed by atoms with van der Waals surface area (Å²) in [5.41, 5.74) is 2.46. The lowest BCUT2D eigenvalue weighted by molar-refractivity contribution is 0.424.